The van der Waals surface area contributed by atoms with Gasteiger partial charge in [0.15, 0.2) is 12.4 Å². The van der Waals surface area contributed by atoms with Crippen molar-refractivity contribution in [2.75, 3.05) is 19.0 Å². The minimum atomic E-state index is -1.42. The highest BCUT2D eigenvalue weighted by atomic mass is 16.6. The number of carbonyl (C=O) groups excluding carboxylic acids is 1. The van der Waals surface area contributed by atoms with Crippen molar-refractivity contribution in [3.8, 4) is 0 Å². The molecule has 0 saturated carbocycles. The van der Waals surface area contributed by atoms with Gasteiger partial charge in [0.25, 0.3) is 5.69 Å². The molecule has 7 nitrogen and oxygen atoms in total. The summed E-state index contributed by atoms with van der Waals surface area (Å²) in [5.41, 5.74) is 0.773. The Kier molecular flexibility index (Phi) is 5.81. The Bertz CT molecular complexity index is 585. The van der Waals surface area contributed by atoms with Crippen LogP contribution in [-0.2, 0) is 0 Å². The van der Waals surface area contributed by atoms with Gasteiger partial charge in [0.2, 0.25) is 0 Å². The van der Waals surface area contributed by atoms with Crippen molar-refractivity contribution in [2.24, 2.45) is 0 Å². The summed E-state index contributed by atoms with van der Waals surface area (Å²) in [6, 6.07) is 8.76. The minimum absolute atomic E-state index is 0.191. The van der Waals surface area contributed by atoms with Crippen molar-refractivity contribution in [3.05, 3.63) is 64.5 Å². The van der Waals surface area contributed by atoms with Crippen LogP contribution in [0.3, 0.4) is 0 Å². The number of non-ortho nitro benzene ring substituents is 1. The van der Waals surface area contributed by atoms with Gasteiger partial charge in [-0.05, 0) is 0 Å². The van der Waals surface area contributed by atoms with Crippen molar-refractivity contribution in [1.29, 1.82) is 0 Å². The number of carbonyl (C=O) groups is 1. The zero-order chi connectivity index (χ0) is 15.8. The third-order valence-corrected chi connectivity index (χ3v) is 2.51. The van der Waals surface area contributed by atoms with Gasteiger partial charge in [0.1, 0.15) is 0 Å². The molecular weight excluding hydrogens is 274 g/mol. The van der Waals surface area contributed by atoms with E-state index in [0.29, 0.717) is 0 Å². The molecule has 0 saturated heterocycles. The van der Waals surface area contributed by atoms with Gasteiger partial charge in [-0.2, -0.15) is 0 Å². The second kappa shape index (κ2) is 7.59. The van der Waals surface area contributed by atoms with Crippen LogP contribution in [0.25, 0.3) is 0 Å². The standard InChI is InChI=1S/C7H10N2.C7H5NO4/c1-9(2)7-3-5-8-6-4-7;9-7(10)5-2-1-3-6(4-5)8(11)12/h3-6H,1-2H3;1-4H,(H,9,10). The molecule has 1 heterocycles. The Morgan fingerprint density at radius 1 is 1.19 bits per heavy atom. The van der Waals surface area contributed by atoms with Crippen LogP contribution in [0.2, 0.25) is 0 Å². The zero-order valence-corrected chi connectivity index (χ0v) is 11.6. The quantitative estimate of drug-likeness (QED) is 0.606. The Morgan fingerprint density at radius 2 is 1.81 bits per heavy atom. The number of rotatable bonds is 3. The fraction of sp³-hybridized carbons (Fsp3) is 0.143. The van der Waals surface area contributed by atoms with Crippen LogP contribution in [-0.4, -0.2) is 25.0 Å². The van der Waals surface area contributed by atoms with Gasteiger partial charge in [-0.15, -0.1) is 0 Å². The van der Waals surface area contributed by atoms with Crippen LogP contribution in [0.15, 0.2) is 48.8 Å². The zero-order valence-electron chi connectivity index (χ0n) is 11.6. The molecule has 0 unspecified atom stereocenters. The second-order valence-corrected chi connectivity index (χ2v) is 4.25. The van der Waals surface area contributed by atoms with Crippen molar-refractivity contribution >= 4 is 17.3 Å². The molecule has 2 aromatic rings. The molecule has 0 atom stereocenters. The number of hydrogen-bond acceptors (Lipinski definition) is 5. The molecule has 7 heteroatoms. The molecule has 0 spiro atoms. The first-order valence-corrected chi connectivity index (χ1v) is 6.01. The van der Waals surface area contributed by atoms with E-state index in [1.165, 1.54) is 23.9 Å². The fourth-order valence-electron chi connectivity index (χ4n) is 1.42. The number of anilines is 1. The molecule has 1 N–H and O–H groups in total. The second-order valence-electron chi connectivity index (χ2n) is 4.25. The molecule has 110 valence electrons. The number of aromatic carboxylic acids is 1. The lowest BCUT2D eigenvalue weighted by Gasteiger charge is -2.08. The van der Waals surface area contributed by atoms with Crippen LogP contribution in [0.1, 0.15) is 10.4 Å². The number of benzene rings is 1. The highest BCUT2D eigenvalue weighted by molar-refractivity contribution is 5.86. The van der Waals surface area contributed by atoms with Crippen molar-refractivity contribution in [1.82, 2.24) is 0 Å². The highest BCUT2D eigenvalue weighted by Gasteiger charge is 2.04. The number of nitro groups is 1. The third kappa shape index (κ3) is 5.27. The van der Waals surface area contributed by atoms with E-state index in [1.807, 2.05) is 38.6 Å². The van der Waals surface area contributed by atoms with E-state index in [4.69, 9.17) is 0 Å². The van der Waals surface area contributed by atoms with Crippen molar-refractivity contribution in [3.63, 3.8) is 0 Å². The molecule has 0 bridgehead atoms. The molecule has 1 aromatic carbocycles. The summed E-state index contributed by atoms with van der Waals surface area (Å²) >= 11 is 0. The van der Waals surface area contributed by atoms with E-state index in [9.17, 15) is 20.0 Å². The number of carboxylic acids is 1. The third-order valence-electron chi connectivity index (χ3n) is 2.51. The minimum Gasteiger partial charge on any atom is -0.545 e. The smallest absolute Gasteiger partial charge is 0.270 e. The molecule has 0 radical (unpaired) electrons. The summed E-state index contributed by atoms with van der Waals surface area (Å²) < 4.78 is 0. The summed E-state index contributed by atoms with van der Waals surface area (Å²) in [7, 11) is 4.05. The molecule has 2 rings (SSSR count). The molecule has 0 aliphatic rings. The lowest BCUT2D eigenvalue weighted by atomic mass is 10.2. The maximum atomic E-state index is 10.2. The van der Waals surface area contributed by atoms with E-state index in [1.54, 1.807) is 0 Å². The lowest BCUT2D eigenvalue weighted by Crippen LogP contribution is -2.22. The van der Waals surface area contributed by atoms with Gasteiger partial charge < -0.3 is 14.8 Å². The van der Waals surface area contributed by atoms with Crippen LogP contribution in [0.4, 0.5) is 11.4 Å². The average molecular weight is 289 g/mol. The first kappa shape index (κ1) is 16.1. The Morgan fingerprint density at radius 3 is 2.24 bits per heavy atom. The molecule has 21 heavy (non-hydrogen) atoms. The SMILES string of the molecule is CN(C)c1cc[nH+]cc1.O=C([O-])c1cccc([N+](=O)[O-])c1. The molecule has 0 aliphatic heterocycles. The predicted octanol–water partition coefficient (Wildman–Crippen LogP) is 0.525. The number of H-pyrrole nitrogens is 1. The molecule has 1 aromatic heterocycles. The number of aromatic amines is 1. The number of nitro benzene ring substituents is 1. The molecule has 0 aliphatic carbocycles. The van der Waals surface area contributed by atoms with Gasteiger partial charge in [0.05, 0.1) is 10.9 Å². The summed E-state index contributed by atoms with van der Waals surface area (Å²) in [4.78, 5) is 24.8. The number of aromatic nitrogens is 1. The largest absolute Gasteiger partial charge is 0.545 e. The highest BCUT2D eigenvalue weighted by Crippen LogP contribution is 2.11. The first-order chi connectivity index (χ1) is 9.91. The van der Waals surface area contributed by atoms with Crippen LogP contribution in [0.5, 0.6) is 0 Å². The molecule has 0 amide bonds. The van der Waals surface area contributed by atoms with Crippen LogP contribution in [0, 0.1) is 10.1 Å². The fourth-order valence-corrected chi connectivity index (χ4v) is 1.42. The number of hydrogen-bond donors (Lipinski definition) is 0. The van der Waals surface area contributed by atoms with E-state index in [2.05, 4.69) is 9.88 Å². The first-order valence-electron chi connectivity index (χ1n) is 6.01. The van der Waals surface area contributed by atoms with Crippen LogP contribution >= 0.6 is 0 Å². The number of carboxylic acid groups (broad SMARTS) is 1. The van der Waals surface area contributed by atoms with Crippen molar-refractivity contribution < 1.29 is 19.8 Å². The van der Waals surface area contributed by atoms with Gasteiger partial charge in [-0.25, -0.2) is 4.98 Å². The van der Waals surface area contributed by atoms with E-state index < -0.39 is 10.9 Å². The summed E-state index contributed by atoms with van der Waals surface area (Å²) in [6.07, 6.45) is 3.82. The molecule has 0 fully saturated rings. The number of nitrogens with one attached hydrogen (secondary N) is 1. The maximum Gasteiger partial charge on any atom is 0.270 e. The van der Waals surface area contributed by atoms with E-state index in [0.717, 1.165) is 6.07 Å². The van der Waals surface area contributed by atoms with Gasteiger partial charge in [-0.1, -0.05) is 12.1 Å². The van der Waals surface area contributed by atoms with E-state index >= 15 is 0 Å². The van der Waals surface area contributed by atoms with Gasteiger partial charge in [0, 0.05) is 49.6 Å². The average Bonchev–Trinajstić information content (AvgIpc) is 2.49. The predicted molar refractivity (Wildman–Crippen MR) is 74.8 cm³/mol. The number of nitrogens with zero attached hydrogens (tertiary/aromatic N) is 2. The van der Waals surface area contributed by atoms with Gasteiger partial charge in [-0.3, -0.25) is 10.1 Å². The molecular formula is C14H15N3O4. The van der Waals surface area contributed by atoms with Crippen molar-refractivity contribution in [2.45, 2.75) is 0 Å². The van der Waals surface area contributed by atoms with E-state index in [-0.39, 0.29) is 11.3 Å². The Labute approximate surface area is 121 Å². The lowest BCUT2D eigenvalue weighted by molar-refractivity contribution is -0.385. The summed E-state index contributed by atoms with van der Waals surface area (Å²) in [5, 5.41) is 20.4. The maximum absolute atomic E-state index is 10.2. The Balaban J connectivity index is 0.000000219. The topological polar surface area (TPSA) is 101 Å². The summed E-state index contributed by atoms with van der Waals surface area (Å²) in [6.45, 7) is 0. The monoisotopic (exact) mass is 289 g/mol. The van der Waals surface area contributed by atoms with Crippen LogP contribution < -0.4 is 15.0 Å². The van der Waals surface area contributed by atoms with Gasteiger partial charge >= 0.3 is 0 Å². The summed E-state index contributed by atoms with van der Waals surface area (Å²) in [5.74, 6) is -1.42. The Hall–Kier alpha value is -2.96. The number of pyridine rings is 1. The normalized spacial score (nSPS) is 9.24.